The van der Waals surface area contributed by atoms with Gasteiger partial charge in [0, 0.05) is 10.4 Å². The van der Waals surface area contributed by atoms with Gasteiger partial charge in [-0.3, -0.25) is 14.9 Å². The molecule has 1 heterocycles. The number of thiocarbonyl (C=S) groups is 1. The molecule has 2 amide bonds. The summed E-state index contributed by atoms with van der Waals surface area (Å²) in [7, 11) is 0. The second kappa shape index (κ2) is 8.01. The van der Waals surface area contributed by atoms with Gasteiger partial charge in [0.15, 0.2) is 5.11 Å². The smallest absolute Gasteiger partial charge is 0.257 e. The van der Waals surface area contributed by atoms with Crippen LogP contribution >= 0.6 is 23.6 Å². The maximum atomic E-state index is 12.3. The SMILES string of the molecule is CC(C)(C)[C@@H]1CCc2c(sc(NC(=S)NC(=O)c3ccccc3)c2C(N)=O)C1. The Kier molecular flexibility index (Phi) is 5.86. The van der Waals surface area contributed by atoms with Crippen molar-refractivity contribution in [2.75, 3.05) is 5.32 Å². The van der Waals surface area contributed by atoms with E-state index in [1.54, 1.807) is 24.3 Å². The molecule has 148 valence electrons. The van der Waals surface area contributed by atoms with Gasteiger partial charge < -0.3 is 11.1 Å². The van der Waals surface area contributed by atoms with Gasteiger partial charge in [-0.15, -0.1) is 11.3 Å². The van der Waals surface area contributed by atoms with Gasteiger partial charge in [0.25, 0.3) is 11.8 Å². The van der Waals surface area contributed by atoms with Crippen LogP contribution in [0.2, 0.25) is 0 Å². The molecule has 0 saturated heterocycles. The Morgan fingerprint density at radius 1 is 1.21 bits per heavy atom. The highest BCUT2D eigenvalue weighted by Crippen LogP contribution is 2.44. The third kappa shape index (κ3) is 4.42. The van der Waals surface area contributed by atoms with E-state index in [0.29, 0.717) is 22.0 Å². The number of primary amides is 1. The van der Waals surface area contributed by atoms with Gasteiger partial charge >= 0.3 is 0 Å². The Bertz CT molecular complexity index is 914. The molecule has 0 bridgehead atoms. The lowest BCUT2D eigenvalue weighted by atomic mass is 9.72. The number of fused-ring (bicyclic) bond motifs is 1. The summed E-state index contributed by atoms with van der Waals surface area (Å²) in [6.45, 7) is 6.75. The number of carbonyl (C=O) groups is 2. The summed E-state index contributed by atoms with van der Waals surface area (Å²) >= 11 is 6.80. The summed E-state index contributed by atoms with van der Waals surface area (Å²) in [5, 5.41) is 6.45. The molecular formula is C21H25N3O2S2. The number of hydrogen-bond donors (Lipinski definition) is 3. The van der Waals surface area contributed by atoms with E-state index in [1.165, 1.54) is 16.2 Å². The van der Waals surface area contributed by atoms with Gasteiger partial charge in [-0.05, 0) is 60.5 Å². The number of amides is 2. The van der Waals surface area contributed by atoms with E-state index in [4.69, 9.17) is 18.0 Å². The lowest BCUT2D eigenvalue weighted by Gasteiger charge is -2.33. The average Bonchev–Trinajstić information content (AvgIpc) is 2.98. The van der Waals surface area contributed by atoms with Gasteiger partial charge in [0.2, 0.25) is 0 Å². The van der Waals surface area contributed by atoms with Gasteiger partial charge in [-0.25, -0.2) is 0 Å². The Hall–Kier alpha value is -2.25. The monoisotopic (exact) mass is 415 g/mol. The lowest BCUT2D eigenvalue weighted by molar-refractivity contribution is 0.0975. The number of nitrogens with one attached hydrogen (secondary N) is 2. The lowest BCUT2D eigenvalue weighted by Crippen LogP contribution is -2.34. The zero-order valence-corrected chi connectivity index (χ0v) is 17.9. The number of nitrogens with two attached hydrogens (primary N) is 1. The van der Waals surface area contributed by atoms with Gasteiger partial charge in [0.1, 0.15) is 5.00 Å². The molecule has 5 nitrogen and oxygen atoms in total. The summed E-state index contributed by atoms with van der Waals surface area (Å²) in [6.07, 6.45) is 2.79. The first-order valence-corrected chi connectivity index (χ1v) is 10.5. The topological polar surface area (TPSA) is 84.2 Å². The molecule has 7 heteroatoms. The fourth-order valence-corrected chi connectivity index (χ4v) is 5.17. The van der Waals surface area contributed by atoms with Crippen LogP contribution < -0.4 is 16.4 Å². The molecule has 1 atom stereocenters. The van der Waals surface area contributed by atoms with E-state index in [1.807, 2.05) is 6.07 Å². The summed E-state index contributed by atoms with van der Waals surface area (Å²) in [5.41, 5.74) is 7.92. The third-order valence-corrected chi connectivity index (χ3v) is 6.60. The zero-order chi connectivity index (χ0) is 20.5. The van der Waals surface area contributed by atoms with E-state index >= 15 is 0 Å². The Morgan fingerprint density at radius 3 is 2.50 bits per heavy atom. The van der Waals surface area contributed by atoms with Crippen molar-refractivity contribution in [1.82, 2.24) is 5.32 Å². The van der Waals surface area contributed by atoms with Crippen LogP contribution in [0.5, 0.6) is 0 Å². The van der Waals surface area contributed by atoms with E-state index in [-0.39, 0.29) is 16.4 Å². The number of hydrogen-bond acceptors (Lipinski definition) is 4. The molecule has 1 aromatic carbocycles. The van der Waals surface area contributed by atoms with E-state index in [2.05, 4.69) is 31.4 Å². The van der Waals surface area contributed by atoms with Crippen molar-refractivity contribution < 1.29 is 9.59 Å². The van der Waals surface area contributed by atoms with Crippen molar-refractivity contribution in [2.24, 2.45) is 17.1 Å². The number of rotatable bonds is 3. The van der Waals surface area contributed by atoms with Crippen molar-refractivity contribution in [1.29, 1.82) is 0 Å². The van der Waals surface area contributed by atoms with Crippen LogP contribution in [0.4, 0.5) is 5.00 Å². The molecule has 2 aromatic rings. The minimum atomic E-state index is -0.466. The molecule has 0 aliphatic heterocycles. The summed E-state index contributed by atoms with van der Waals surface area (Å²) in [4.78, 5) is 25.6. The minimum absolute atomic E-state index is 0.155. The summed E-state index contributed by atoms with van der Waals surface area (Å²) in [5.74, 6) is -0.212. The van der Waals surface area contributed by atoms with Crippen LogP contribution in [0.1, 0.15) is 58.3 Å². The first kappa shape index (κ1) is 20.5. The second-order valence-electron chi connectivity index (χ2n) is 8.15. The van der Waals surface area contributed by atoms with Gasteiger partial charge in [-0.2, -0.15) is 0 Å². The number of thiophene rings is 1. The van der Waals surface area contributed by atoms with Gasteiger partial charge in [-0.1, -0.05) is 39.0 Å². The van der Waals surface area contributed by atoms with Crippen LogP contribution in [0, 0.1) is 11.3 Å². The number of carbonyl (C=O) groups excluding carboxylic acids is 2. The molecule has 1 aliphatic carbocycles. The third-order valence-electron chi connectivity index (χ3n) is 5.23. The van der Waals surface area contributed by atoms with Crippen LogP contribution in [-0.4, -0.2) is 16.9 Å². The molecular weight excluding hydrogens is 390 g/mol. The molecule has 0 radical (unpaired) electrons. The predicted octanol–water partition coefficient (Wildman–Crippen LogP) is 4.12. The number of benzene rings is 1. The van der Waals surface area contributed by atoms with Crippen LogP contribution in [0.3, 0.4) is 0 Å². The van der Waals surface area contributed by atoms with Crippen molar-refractivity contribution in [2.45, 2.75) is 40.0 Å². The predicted molar refractivity (Wildman–Crippen MR) is 118 cm³/mol. The zero-order valence-electron chi connectivity index (χ0n) is 16.3. The van der Waals surface area contributed by atoms with Crippen LogP contribution in [-0.2, 0) is 12.8 Å². The highest BCUT2D eigenvalue weighted by molar-refractivity contribution is 7.80. The molecule has 1 aromatic heterocycles. The normalized spacial score (nSPS) is 16.2. The maximum Gasteiger partial charge on any atom is 0.257 e. The van der Waals surface area contributed by atoms with Crippen molar-refractivity contribution >= 4 is 45.5 Å². The average molecular weight is 416 g/mol. The quantitative estimate of drug-likeness (QED) is 0.658. The Balaban J connectivity index is 1.79. The molecule has 0 spiro atoms. The second-order valence-corrected chi connectivity index (χ2v) is 9.67. The Morgan fingerprint density at radius 2 is 1.89 bits per heavy atom. The molecule has 0 fully saturated rings. The Labute approximate surface area is 174 Å². The fourth-order valence-electron chi connectivity index (χ4n) is 3.57. The molecule has 3 rings (SSSR count). The highest BCUT2D eigenvalue weighted by Gasteiger charge is 2.33. The van der Waals surface area contributed by atoms with Crippen molar-refractivity contribution in [3.8, 4) is 0 Å². The maximum absolute atomic E-state index is 12.3. The molecule has 1 aliphatic rings. The summed E-state index contributed by atoms with van der Waals surface area (Å²) in [6, 6.07) is 8.84. The molecule has 4 N–H and O–H groups in total. The van der Waals surface area contributed by atoms with Crippen LogP contribution in [0.15, 0.2) is 30.3 Å². The largest absolute Gasteiger partial charge is 0.365 e. The minimum Gasteiger partial charge on any atom is -0.365 e. The first-order valence-electron chi connectivity index (χ1n) is 9.28. The fraction of sp³-hybridized carbons (Fsp3) is 0.381. The van der Waals surface area contributed by atoms with E-state index < -0.39 is 5.91 Å². The first-order chi connectivity index (χ1) is 13.2. The van der Waals surface area contributed by atoms with Crippen molar-refractivity contribution in [3.05, 3.63) is 51.9 Å². The van der Waals surface area contributed by atoms with E-state index in [0.717, 1.165) is 24.8 Å². The van der Waals surface area contributed by atoms with Gasteiger partial charge in [0.05, 0.1) is 5.56 Å². The van der Waals surface area contributed by atoms with Crippen LogP contribution in [0.25, 0.3) is 0 Å². The molecule has 28 heavy (non-hydrogen) atoms. The highest BCUT2D eigenvalue weighted by atomic mass is 32.1. The number of anilines is 1. The van der Waals surface area contributed by atoms with Crippen molar-refractivity contribution in [3.63, 3.8) is 0 Å². The summed E-state index contributed by atoms with van der Waals surface area (Å²) < 4.78 is 0. The standard InChI is InChI=1S/C21H25N3O2S2/c1-21(2,3)13-9-10-14-15(11-13)28-19(16(14)17(22)25)24-20(27)23-18(26)12-7-5-4-6-8-12/h4-8,13H,9-11H2,1-3H3,(H2,22,25)(H2,23,24,26,27)/t13-/m1/s1. The molecule has 0 unspecified atom stereocenters. The van der Waals surface area contributed by atoms with E-state index in [9.17, 15) is 9.59 Å². The molecule has 0 saturated carbocycles.